The molecule has 2 heterocycles. The molecule has 3 N–H and O–H groups in total. The van der Waals surface area contributed by atoms with Crippen molar-refractivity contribution in [2.75, 3.05) is 19.5 Å². The third-order valence-corrected chi connectivity index (χ3v) is 4.34. The highest BCUT2D eigenvalue weighted by atomic mass is 16.5. The largest absolute Gasteiger partial charge is 0.499 e. The van der Waals surface area contributed by atoms with Crippen molar-refractivity contribution >= 4 is 17.4 Å². The van der Waals surface area contributed by atoms with E-state index in [0.717, 1.165) is 5.69 Å². The molecular formula is C20H21N3O4. The monoisotopic (exact) mass is 367 g/mol. The summed E-state index contributed by atoms with van der Waals surface area (Å²) in [7, 11) is 3.09. The lowest BCUT2D eigenvalue weighted by Gasteiger charge is -2.21. The summed E-state index contributed by atoms with van der Waals surface area (Å²) in [5.74, 6) is 0.0506. The average Bonchev–Trinajstić information content (AvgIpc) is 2.82. The van der Waals surface area contributed by atoms with Gasteiger partial charge in [-0.1, -0.05) is 24.3 Å². The zero-order chi connectivity index (χ0) is 19.4. The van der Waals surface area contributed by atoms with Crippen molar-refractivity contribution in [3.05, 3.63) is 77.1 Å². The first-order valence-electron chi connectivity index (χ1n) is 8.36. The summed E-state index contributed by atoms with van der Waals surface area (Å²) < 4.78 is 11.1. The number of rotatable bonds is 5. The van der Waals surface area contributed by atoms with Gasteiger partial charge in [-0.15, -0.1) is 0 Å². The van der Waals surface area contributed by atoms with Crippen LogP contribution in [0, 0.1) is 0 Å². The highest BCUT2D eigenvalue weighted by Crippen LogP contribution is 2.36. The average molecular weight is 367 g/mol. The molecule has 1 aliphatic rings. The molecule has 0 aliphatic carbocycles. The molecule has 0 saturated heterocycles. The summed E-state index contributed by atoms with van der Waals surface area (Å²) in [6, 6.07) is 9.93. The van der Waals surface area contributed by atoms with Gasteiger partial charge in [-0.05, 0) is 24.6 Å². The first-order valence-corrected chi connectivity index (χ1v) is 8.36. The lowest BCUT2D eigenvalue weighted by molar-refractivity contribution is -0.139. The van der Waals surface area contributed by atoms with Crippen LogP contribution in [0.2, 0.25) is 0 Å². The third kappa shape index (κ3) is 3.57. The molecule has 140 valence electrons. The number of fused-ring (bicyclic) bond motifs is 1. The highest BCUT2D eigenvalue weighted by Gasteiger charge is 2.32. The van der Waals surface area contributed by atoms with Gasteiger partial charge in [-0.2, -0.15) is 0 Å². The van der Waals surface area contributed by atoms with Crippen molar-refractivity contribution in [2.24, 2.45) is 0 Å². The van der Waals surface area contributed by atoms with Gasteiger partial charge in [0.15, 0.2) is 11.8 Å². The fourth-order valence-electron chi connectivity index (χ4n) is 2.98. The van der Waals surface area contributed by atoms with E-state index in [1.807, 2.05) is 24.3 Å². The van der Waals surface area contributed by atoms with E-state index in [4.69, 9.17) is 9.47 Å². The Kier molecular flexibility index (Phi) is 5.30. The number of methoxy groups -OCH3 is 2. The fraction of sp³-hybridized carbons (Fsp3) is 0.200. The van der Waals surface area contributed by atoms with Crippen molar-refractivity contribution < 1.29 is 19.4 Å². The first kappa shape index (κ1) is 18.3. The molecule has 1 aromatic heterocycles. The maximum absolute atomic E-state index is 12.0. The molecule has 0 unspecified atom stereocenters. The van der Waals surface area contributed by atoms with E-state index in [9.17, 15) is 9.90 Å². The van der Waals surface area contributed by atoms with Crippen LogP contribution in [-0.2, 0) is 14.3 Å². The number of benzene rings is 1. The van der Waals surface area contributed by atoms with Crippen LogP contribution in [0.15, 0.2) is 65.9 Å². The number of hydrogen-bond donors (Lipinski definition) is 3. The number of nitrogens with one attached hydrogen (secondary N) is 2. The lowest BCUT2D eigenvalue weighted by Crippen LogP contribution is -2.30. The van der Waals surface area contributed by atoms with Crippen LogP contribution in [0.1, 0.15) is 24.1 Å². The highest BCUT2D eigenvalue weighted by molar-refractivity contribution is 5.83. The van der Waals surface area contributed by atoms with Gasteiger partial charge in [0.05, 0.1) is 14.2 Å². The van der Waals surface area contributed by atoms with Crippen LogP contribution >= 0.6 is 0 Å². The zero-order valence-corrected chi connectivity index (χ0v) is 15.3. The molecule has 3 rings (SSSR count). The Hall–Kier alpha value is -3.48. The first-order chi connectivity index (χ1) is 13.1. The number of nitrogens with zero attached hydrogens (tertiary/aromatic N) is 1. The van der Waals surface area contributed by atoms with E-state index in [1.165, 1.54) is 7.11 Å². The summed E-state index contributed by atoms with van der Waals surface area (Å²) in [4.78, 5) is 16.0. The van der Waals surface area contributed by atoms with Gasteiger partial charge in [-0.25, -0.2) is 4.79 Å². The smallest absolute Gasteiger partial charge is 0.330 e. The van der Waals surface area contributed by atoms with Gasteiger partial charge in [0, 0.05) is 23.6 Å². The molecule has 1 atom stereocenters. The van der Waals surface area contributed by atoms with E-state index >= 15 is 0 Å². The Balaban J connectivity index is 2.27. The second kappa shape index (κ2) is 7.82. The van der Waals surface area contributed by atoms with Crippen LogP contribution in [0.3, 0.4) is 0 Å². The molecule has 7 heteroatoms. The maximum Gasteiger partial charge on any atom is 0.330 e. The van der Waals surface area contributed by atoms with Gasteiger partial charge in [-0.3, -0.25) is 4.98 Å². The van der Waals surface area contributed by atoms with Crippen molar-refractivity contribution in [3.63, 3.8) is 0 Å². The van der Waals surface area contributed by atoms with E-state index in [2.05, 4.69) is 15.6 Å². The van der Waals surface area contributed by atoms with Crippen LogP contribution in [-0.4, -0.2) is 30.3 Å². The number of carboxylic acids is 1. The Morgan fingerprint density at radius 2 is 1.89 bits per heavy atom. The predicted molar refractivity (Wildman–Crippen MR) is 101 cm³/mol. The van der Waals surface area contributed by atoms with Gasteiger partial charge in [0.2, 0.25) is 0 Å². The standard InChI is InChI=1S/C20H21N3O4/c1-12(26-2)16-18(22-13-8-10-21-11-9-13)19(27-3)15-7-5-4-6-14(15)17(23-16)20(24)25/h4-11,17,23H,1-3H3,(H,21,22)(H,24,25)/b16-12-/t17-/m0/s1. The number of carbonyl (C=O) groups is 1. The second-order valence-electron chi connectivity index (χ2n) is 5.91. The molecule has 0 amide bonds. The molecule has 0 bridgehead atoms. The molecule has 1 aliphatic heterocycles. The van der Waals surface area contributed by atoms with Gasteiger partial charge >= 0.3 is 5.97 Å². The molecule has 0 radical (unpaired) electrons. The van der Waals surface area contributed by atoms with Gasteiger partial charge < -0.3 is 25.2 Å². The molecule has 2 aromatic rings. The lowest BCUT2D eigenvalue weighted by atomic mass is 9.99. The Morgan fingerprint density at radius 1 is 1.19 bits per heavy atom. The van der Waals surface area contributed by atoms with E-state index in [0.29, 0.717) is 34.0 Å². The third-order valence-electron chi connectivity index (χ3n) is 4.34. The van der Waals surface area contributed by atoms with Crippen LogP contribution in [0.5, 0.6) is 0 Å². The Morgan fingerprint density at radius 3 is 2.52 bits per heavy atom. The molecule has 1 aromatic carbocycles. The molecule has 0 fully saturated rings. The van der Waals surface area contributed by atoms with Crippen molar-refractivity contribution in [2.45, 2.75) is 13.0 Å². The Bertz CT molecular complexity index is 906. The summed E-state index contributed by atoms with van der Waals surface area (Å²) in [6.45, 7) is 1.76. The van der Waals surface area contributed by atoms with Crippen molar-refractivity contribution in [1.82, 2.24) is 10.3 Å². The number of anilines is 1. The molecule has 7 nitrogen and oxygen atoms in total. The van der Waals surface area contributed by atoms with Crippen LogP contribution < -0.4 is 10.6 Å². The number of ether oxygens (including phenoxy) is 2. The second-order valence-corrected chi connectivity index (χ2v) is 5.91. The predicted octanol–water partition coefficient (Wildman–Crippen LogP) is 3.12. The quantitative estimate of drug-likeness (QED) is 0.699. The summed E-state index contributed by atoms with van der Waals surface area (Å²) in [5, 5.41) is 16.2. The van der Waals surface area contributed by atoms with Crippen molar-refractivity contribution in [1.29, 1.82) is 0 Å². The minimum atomic E-state index is -0.996. The van der Waals surface area contributed by atoms with Crippen molar-refractivity contribution in [3.8, 4) is 0 Å². The van der Waals surface area contributed by atoms with E-state index < -0.39 is 12.0 Å². The minimum absolute atomic E-state index is 0.509. The normalized spacial score (nSPS) is 18.0. The summed E-state index contributed by atoms with van der Waals surface area (Å²) in [6.07, 6.45) is 3.33. The fourth-order valence-corrected chi connectivity index (χ4v) is 2.98. The molecular weight excluding hydrogens is 346 g/mol. The van der Waals surface area contributed by atoms with E-state index in [1.54, 1.807) is 38.6 Å². The van der Waals surface area contributed by atoms with E-state index in [-0.39, 0.29) is 0 Å². The van der Waals surface area contributed by atoms with Gasteiger partial charge in [0.25, 0.3) is 0 Å². The minimum Gasteiger partial charge on any atom is -0.499 e. The number of pyridine rings is 1. The summed E-state index contributed by atoms with van der Waals surface area (Å²) in [5.41, 5.74) is 3.17. The zero-order valence-electron chi connectivity index (χ0n) is 15.3. The molecule has 27 heavy (non-hydrogen) atoms. The number of carboxylic acid groups (broad SMARTS) is 1. The van der Waals surface area contributed by atoms with Crippen LogP contribution in [0.4, 0.5) is 5.69 Å². The maximum atomic E-state index is 12.0. The number of aliphatic carboxylic acids is 1. The SMILES string of the molecule is COC1=C(Nc2ccncc2)/C(=C(\C)OC)N[C@H](C(=O)O)c2ccccc21. The number of aromatic nitrogens is 1. The Labute approximate surface area is 157 Å². The topological polar surface area (TPSA) is 92.7 Å². The van der Waals surface area contributed by atoms with Gasteiger partial charge in [0.1, 0.15) is 17.2 Å². The number of hydrogen-bond acceptors (Lipinski definition) is 6. The molecule has 0 saturated carbocycles. The molecule has 0 spiro atoms. The number of allylic oxidation sites excluding steroid dienone is 1. The summed E-state index contributed by atoms with van der Waals surface area (Å²) >= 11 is 0. The van der Waals surface area contributed by atoms with Crippen LogP contribution in [0.25, 0.3) is 5.76 Å².